The Kier molecular flexibility index (Phi) is 4.62. The Labute approximate surface area is 101 Å². The van der Waals surface area contributed by atoms with Crippen molar-refractivity contribution in [2.75, 3.05) is 13.2 Å². The second-order valence-corrected chi connectivity index (χ2v) is 5.78. The lowest BCUT2D eigenvalue weighted by Gasteiger charge is -2.12. The first-order chi connectivity index (χ1) is 7.86. The molecule has 4 nitrogen and oxygen atoms in total. The first kappa shape index (κ1) is 14.1. The van der Waals surface area contributed by atoms with Gasteiger partial charge in [-0.25, -0.2) is 17.5 Å². The zero-order valence-electron chi connectivity index (χ0n) is 9.77. The van der Waals surface area contributed by atoms with Gasteiger partial charge in [0.1, 0.15) is 5.82 Å². The number of aliphatic hydroxyl groups is 1. The third-order valence-electron chi connectivity index (χ3n) is 2.36. The fraction of sp³-hybridized carbons (Fsp3) is 0.455. The predicted molar refractivity (Wildman–Crippen MR) is 62.6 cm³/mol. The molecule has 0 spiro atoms. The summed E-state index contributed by atoms with van der Waals surface area (Å²) in [5, 5.41) is 8.81. The highest BCUT2D eigenvalue weighted by Crippen LogP contribution is 2.15. The van der Waals surface area contributed by atoms with E-state index in [0.29, 0.717) is 5.56 Å². The van der Waals surface area contributed by atoms with Crippen LogP contribution in [0.2, 0.25) is 0 Å². The maximum Gasteiger partial charge on any atom is 0.240 e. The Morgan fingerprint density at radius 2 is 2.12 bits per heavy atom. The van der Waals surface area contributed by atoms with Gasteiger partial charge in [-0.15, -0.1) is 0 Å². The molecular weight excluding hydrogens is 245 g/mol. The number of aliphatic hydroxyl groups excluding tert-OH is 1. The fourth-order valence-corrected chi connectivity index (χ4v) is 2.70. The quantitative estimate of drug-likeness (QED) is 0.832. The van der Waals surface area contributed by atoms with Crippen molar-refractivity contribution >= 4 is 10.0 Å². The Morgan fingerprint density at radius 1 is 1.47 bits per heavy atom. The molecule has 0 aliphatic rings. The van der Waals surface area contributed by atoms with Crippen LogP contribution in [0.15, 0.2) is 23.1 Å². The molecule has 2 N–H and O–H groups in total. The van der Waals surface area contributed by atoms with E-state index in [9.17, 15) is 12.8 Å². The zero-order chi connectivity index (χ0) is 13.1. The van der Waals surface area contributed by atoms with Crippen molar-refractivity contribution in [2.24, 2.45) is 5.92 Å². The van der Waals surface area contributed by atoms with Crippen molar-refractivity contribution in [1.29, 1.82) is 0 Å². The molecule has 0 aliphatic carbocycles. The Bertz CT molecular complexity index is 487. The van der Waals surface area contributed by atoms with Gasteiger partial charge < -0.3 is 5.11 Å². The first-order valence-corrected chi connectivity index (χ1v) is 6.72. The minimum Gasteiger partial charge on any atom is -0.396 e. The summed E-state index contributed by atoms with van der Waals surface area (Å²) in [6.07, 6.45) is 0. The molecular formula is C11H16FNO3S. The lowest BCUT2D eigenvalue weighted by molar-refractivity contribution is 0.238. The van der Waals surface area contributed by atoms with Gasteiger partial charge in [-0.1, -0.05) is 6.92 Å². The molecule has 1 rings (SSSR count). The van der Waals surface area contributed by atoms with Crippen LogP contribution in [0.4, 0.5) is 4.39 Å². The van der Waals surface area contributed by atoms with Gasteiger partial charge in [-0.05, 0) is 36.6 Å². The molecule has 1 aromatic rings. The smallest absolute Gasteiger partial charge is 0.240 e. The van der Waals surface area contributed by atoms with E-state index in [1.54, 1.807) is 6.92 Å². The van der Waals surface area contributed by atoms with Gasteiger partial charge in [0, 0.05) is 13.2 Å². The van der Waals surface area contributed by atoms with E-state index in [1.165, 1.54) is 19.1 Å². The van der Waals surface area contributed by atoms with Gasteiger partial charge in [0.25, 0.3) is 0 Å². The average Bonchev–Trinajstić information content (AvgIpc) is 2.25. The molecule has 1 unspecified atom stereocenters. The highest BCUT2D eigenvalue weighted by Gasteiger charge is 2.17. The molecule has 0 saturated carbocycles. The lowest BCUT2D eigenvalue weighted by Crippen LogP contribution is -2.30. The van der Waals surface area contributed by atoms with Gasteiger partial charge >= 0.3 is 0 Å². The minimum absolute atomic E-state index is 0.0593. The molecule has 17 heavy (non-hydrogen) atoms. The maximum absolute atomic E-state index is 12.9. The van der Waals surface area contributed by atoms with Crippen molar-refractivity contribution in [3.05, 3.63) is 29.6 Å². The number of rotatable bonds is 5. The fourth-order valence-electron chi connectivity index (χ4n) is 1.31. The highest BCUT2D eigenvalue weighted by molar-refractivity contribution is 7.89. The summed E-state index contributed by atoms with van der Waals surface area (Å²) in [6, 6.07) is 3.51. The van der Waals surface area contributed by atoms with Crippen molar-refractivity contribution in [3.63, 3.8) is 0 Å². The molecule has 0 aliphatic heterocycles. The second kappa shape index (κ2) is 5.57. The first-order valence-electron chi connectivity index (χ1n) is 5.23. The van der Waals surface area contributed by atoms with E-state index in [-0.39, 0.29) is 24.0 Å². The summed E-state index contributed by atoms with van der Waals surface area (Å²) in [7, 11) is -3.64. The van der Waals surface area contributed by atoms with Crippen LogP contribution in [0.25, 0.3) is 0 Å². The third kappa shape index (κ3) is 3.76. The molecule has 0 fully saturated rings. The van der Waals surface area contributed by atoms with Crippen molar-refractivity contribution in [2.45, 2.75) is 18.7 Å². The topological polar surface area (TPSA) is 66.4 Å². The van der Waals surface area contributed by atoms with Crippen molar-refractivity contribution in [3.8, 4) is 0 Å². The summed E-state index contributed by atoms with van der Waals surface area (Å²) in [5.74, 6) is -0.629. The van der Waals surface area contributed by atoms with Crippen LogP contribution in [0.3, 0.4) is 0 Å². The van der Waals surface area contributed by atoms with Crippen LogP contribution >= 0.6 is 0 Å². The van der Waals surface area contributed by atoms with E-state index >= 15 is 0 Å². The number of hydrogen-bond donors (Lipinski definition) is 2. The van der Waals surface area contributed by atoms with Crippen LogP contribution < -0.4 is 4.72 Å². The molecule has 0 heterocycles. The van der Waals surface area contributed by atoms with Crippen molar-refractivity contribution < 1.29 is 17.9 Å². The second-order valence-electron chi connectivity index (χ2n) is 4.05. The SMILES string of the molecule is Cc1cc(F)ccc1S(=O)(=O)NCC(C)CO. The van der Waals surface area contributed by atoms with E-state index in [1.807, 2.05) is 0 Å². The van der Waals surface area contributed by atoms with Crippen LogP contribution in [0, 0.1) is 18.7 Å². The summed E-state index contributed by atoms with van der Waals surface area (Å²) >= 11 is 0. The van der Waals surface area contributed by atoms with E-state index in [2.05, 4.69) is 4.72 Å². The molecule has 96 valence electrons. The number of hydrogen-bond acceptors (Lipinski definition) is 3. The Morgan fingerprint density at radius 3 is 2.65 bits per heavy atom. The van der Waals surface area contributed by atoms with Gasteiger partial charge in [-0.3, -0.25) is 0 Å². The normalized spacial score (nSPS) is 13.6. The van der Waals surface area contributed by atoms with E-state index in [4.69, 9.17) is 5.11 Å². The van der Waals surface area contributed by atoms with Gasteiger partial charge in [-0.2, -0.15) is 0 Å². The predicted octanol–water partition coefficient (Wildman–Crippen LogP) is 1.04. The highest BCUT2D eigenvalue weighted by atomic mass is 32.2. The molecule has 1 aromatic carbocycles. The monoisotopic (exact) mass is 261 g/mol. The summed E-state index contributed by atoms with van der Waals surface area (Å²) in [4.78, 5) is 0.0593. The Hall–Kier alpha value is -0.980. The Balaban J connectivity index is 2.90. The number of nitrogens with one attached hydrogen (secondary N) is 1. The number of benzene rings is 1. The molecule has 6 heteroatoms. The standard InChI is InChI=1S/C11H16FNO3S/c1-8(7-14)6-13-17(15,16)11-4-3-10(12)5-9(11)2/h3-5,8,13-14H,6-7H2,1-2H3. The minimum atomic E-state index is -3.64. The largest absolute Gasteiger partial charge is 0.396 e. The van der Waals surface area contributed by atoms with Crippen LogP contribution in [-0.4, -0.2) is 26.7 Å². The van der Waals surface area contributed by atoms with Crippen LogP contribution in [0.5, 0.6) is 0 Å². The van der Waals surface area contributed by atoms with Crippen LogP contribution in [-0.2, 0) is 10.0 Å². The number of aryl methyl sites for hydroxylation is 1. The van der Waals surface area contributed by atoms with Crippen molar-refractivity contribution in [1.82, 2.24) is 4.72 Å². The molecule has 0 radical (unpaired) electrons. The zero-order valence-corrected chi connectivity index (χ0v) is 10.6. The van der Waals surface area contributed by atoms with E-state index in [0.717, 1.165) is 6.07 Å². The van der Waals surface area contributed by atoms with Gasteiger partial charge in [0.05, 0.1) is 4.90 Å². The number of halogens is 1. The summed E-state index contributed by atoms with van der Waals surface area (Å²) in [5.41, 5.74) is 0.356. The average molecular weight is 261 g/mol. The summed E-state index contributed by atoms with van der Waals surface area (Å²) < 4.78 is 39.0. The molecule has 0 aromatic heterocycles. The molecule has 0 saturated heterocycles. The maximum atomic E-state index is 12.9. The lowest BCUT2D eigenvalue weighted by atomic mass is 10.2. The summed E-state index contributed by atoms with van der Waals surface area (Å²) in [6.45, 7) is 3.31. The van der Waals surface area contributed by atoms with Gasteiger partial charge in [0.2, 0.25) is 10.0 Å². The molecule has 0 bridgehead atoms. The molecule has 0 amide bonds. The number of sulfonamides is 1. The van der Waals surface area contributed by atoms with Crippen LogP contribution in [0.1, 0.15) is 12.5 Å². The molecule has 1 atom stereocenters. The van der Waals surface area contributed by atoms with E-state index < -0.39 is 15.8 Å². The third-order valence-corrected chi connectivity index (χ3v) is 3.94. The van der Waals surface area contributed by atoms with Gasteiger partial charge in [0.15, 0.2) is 0 Å².